The number of anilines is 1. The highest BCUT2D eigenvalue weighted by molar-refractivity contribution is 7.89. The predicted octanol–water partition coefficient (Wildman–Crippen LogP) is 2.67. The molecule has 2 heterocycles. The number of aryl methyl sites for hydroxylation is 1. The molecule has 0 aromatic heterocycles. The van der Waals surface area contributed by atoms with Gasteiger partial charge in [0.15, 0.2) is 0 Å². The first-order chi connectivity index (χ1) is 16.7. The van der Waals surface area contributed by atoms with Crippen molar-refractivity contribution in [3.8, 4) is 0 Å². The minimum absolute atomic E-state index is 0.0183. The molecule has 2 saturated heterocycles. The minimum Gasteiger partial charge on any atom is -0.462 e. The second-order valence-electron chi connectivity index (χ2n) is 8.58. The van der Waals surface area contributed by atoms with Crippen LogP contribution in [0.4, 0.5) is 5.69 Å². The van der Waals surface area contributed by atoms with Gasteiger partial charge in [-0.15, -0.1) is 0 Å². The van der Waals surface area contributed by atoms with E-state index in [9.17, 15) is 22.8 Å². The fourth-order valence-corrected chi connectivity index (χ4v) is 5.91. The van der Waals surface area contributed by atoms with Gasteiger partial charge in [-0.05, 0) is 63.1 Å². The molecule has 35 heavy (non-hydrogen) atoms. The molecule has 2 unspecified atom stereocenters. The molecule has 0 radical (unpaired) electrons. The molecule has 2 aromatic rings. The lowest BCUT2D eigenvalue weighted by Gasteiger charge is -2.29. The zero-order chi connectivity index (χ0) is 25.2. The van der Waals surface area contributed by atoms with Crippen LogP contribution in [0.1, 0.15) is 42.1 Å². The van der Waals surface area contributed by atoms with Crippen LogP contribution in [0.3, 0.4) is 0 Å². The monoisotopic (exact) mass is 500 g/mol. The zero-order valence-corrected chi connectivity index (χ0v) is 20.5. The van der Waals surface area contributed by atoms with Crippen LogP contribution in [0.5, 0.6) is 0 Å². The van der Waals surface area contributed by atoms with Gasteiger partial charge in [-0.25, -0.2) is 18.1 Å². The highest BCUT2D eigenvalue weighted by atomic mass is 32.2. The largest absolute Gasteiger partial charge is 0.462 e. The van der Waals surface area contributed by atoms with Crippen LogP contribution in [0.25, 0.3) is 0 Å². The van der Waals surface area contributed by atoms with Gasteiger partial charge >= 0.3 is 5.97 Å². The molecule has 2 atom stereocenters. The van der Waals surface area contributed by atoms with E-state index in [1.54, 1.807) is 19.1 Å². The van der Waals surface area contributed by atoms with Gasteiger partial charge in [0.25, 0.3) is 5.91 Å². The molecule has 4 rings (SSSR count). The van der Waals surface area contributed by atoms with E-state index in [2.05, 4.69) is 0 Å². The normalized spacial score (nSPS) is 20.6. The third-order valence-corrected chi connectivity index (χ3v) is 8.03. The summed E-state index contributed by atoms with van der Waals surface area (Å²) in [7, 11) is -4.08. The van der Waals surface area contributed by atoms with Crippen molar-refractivity contribution in [2.45, 2.75) is 50.2 Å². The van der Waals surface area contributed by atoms with Gasteiger partial charge in [-0.2, -0.15) is 4.31 Å². The van der Waals surface area contributed by atoms with Gasteiger partial charge in [0, 0.05) is 13.2 Å². The van der Waals surface area contributed by atoms with Crippen molar-refractivity contribution >= 4 is 33.5 Å². The van der Waals surface area contributed by atoms with E-state index in [1.807, 2.05) is 6.92 Å². The lowest BCUT2D eigenvalue weighted by Crippen LogP contribution is -2.48. The van der Waals surface area contributed by atoms with Gasteiger partial charge in [0.1, 0.15) is 6.04 Å². The Morgan fingerprint density at radius 2 is 1.80 bits per heavy atom. The van der Waals surface area contributed by atoms with Crippen molar-refractivity contribution in [2.75, 3.05) is 24.7 Å². The summed E-state index contributed by atoms with van der Waals surface area (Å²) in [5.41, 5.74) is 1.45. The number of rotatable bonds is 8. The van der Waals surface area contributed by atoms with Crippen LogP contribution in [0.15, 0.2) is 53.4 Å². The zero-order valence-electron chi connectivity index (χ0n) is 19.7. The van der Waals surface area contributed by atoms with Crippen molar-refractivity contribution in [1.82, 2.24) is 4.31 Å². The highest BCUT2D eigenvalue weighted by Crippen LogP contribution is 2.31. The number of hydrogen-bond acceptors (Lipinski definition) is 7. The summed E-state index contributed by atoms with van der Waals surface area (Å²) < 4.78 is 39.0. The molecule has 2 aliphatic rings. The number of amides is 2. The lowest BCUT2D eigenvalue weighted by atomic mass is 10.2. The second-order valence-corrected chi connectivity index (χ2v) is 10.5. The number of carbonyl (C=O) groups is 3. The predicted molar refractivity (Wildman–Crippen MR) is 127 cm³/mol. The second kappa shape index (κ2) is 10.3. The summed E-state index contributed by atoms with van der Waals surface area (Å²) in [5, 5.41) is 0. The standard InChI is InChI=1S/C25H28N2O7S/c1-3-33-25(30)18-8-10-19(11-9-18)27-23(28)15-22(24(27)29)26(16-20-5-4-14-34-20)35(31,32)21-12-6-17(2)7-13-21/h6-13,20,22H,3-5,14-16H2,1-2H3. The molecule has 0 aliphatic carbocycles. The van der Waals surface area contributed by atoms with E-state index in [0.717, 1.165) is 21.2 Å². The summed E-state index contributed by atoms with van der Waals surface area (Å²) in [6, 6.07) is 11.1. The van der Waals surface area contributed by atoms with Gasteiger partial charge in [-0.1, -0.05) is 17.7 Å². The summed E-state index contributed by atoms with van der Waals surface area (Å²) in [5.74, 6) is -1.66. The Morgan fingerprint density at radius 1 is 1.11 bits per heavy atom. The van der Waals surface area contributed by atoms with Crippen LogP contribution in [-0.2, 0) is 29.1 Å². The van der Waals surface area contributed by atoms with Gasteiger partial charge < -0.3 is 9.47 Å². The molecule has 0 spiro atoms. The molecule has 10 heteroatoms. The Morgan fingerprint density at radius 3 is 2.40 bits per heavy atom. The molecule has 2 aromatic carbocycles. The molecule has 186 valence electrons. The van der Waals surface area contributed by atoms with Crippen LogP contribution >= 0.6 is 0 Å². The van der Waals surface area contributed by atoms with Crippen LogP contribution in [0, 0.1) is 6.92 Å². The first-order valence-electron chi connectivity index (χ1n) is 11.6. The number of ether oxygens (including phenoxy) is 2. The van der Waals surface area contributed by atoms with Gasteiger partial charge in [0.05, 0.1) is 35.3 Å². The van der Waals surface area contributed by atoms with Crippen molar-refractivity contribution < 1.29 is 32.3 Å². The van der Waals surface area contributed by atoms with E-state index in [-0.39, 0.29) is 41.8 Å². The molecular weight excluding hydrogens is 472 g/mol. The molecule has 9 nitrogen and oxygen atoms in total. The third-order valence-electron chi connectivity index (χ3n) is 6.14. The Kier molecular flexibility index (Phi) is 7.34. The summed E-state index contributed by atoms with van der Waals surface area (Å²) in [6.07, 6.45) is 0.847. The molecule has 2 amide bonds. The Labute approximate surface area is 204 Å². The fourth-order valence-electron chi connectivity index (χ4n) is 4.30. The topological polar surface area (TPSA) is 110 Å². The number of nitrogens with zero attached hydrogens (tertiary/aromatic N) is 2. The van der Waals surface area contributed by atoms with Crippen LogP contribution in [-0.4, -0.2) is 62.4 Å². The summed E-state index contributed by atoms with van der Waals surface area (Å²) in [6.45, 7) is 4.28. The lowest BCUT2D eigenvalue weighted by molar-refractivity contribution is -0.122. The van der Waals surface area contributed by atoms with Crippen molar-refractivity contribution in [3.05, 3.63) is 59.7 Å². The Hall–Kier alpha value is -3.08. The number of imide groups is 1. The van der Waals surface area contributed by atoms with Crippen LogP contribution in [0.2, 0.25) is 0 Å². The van der Waals surface area contributed by atoms with E-state index in [4.69, 9.17) is 9.47 Å². The van der Waals surface area contributed by atoms with Gasteiger partial charge in [-0.3, -0.25) is 9.59 Å². The quantitative estimate of drug-likeness (QED) is 0.405. The molecule has 0 saturated carbocycles. The molecule has 0 N–H and O–H groups in total. The first-order valence-corrected chi connectivity index (χ1v) is 13.0. The number of esters is 1. The van der Waals surface area contributed by atoms with Crippen molar-refractivity contribution in [1.29, 1.82) is 0 Å². The van der Waals surface area contributed by atoms with Crippen molar-refractivity contribution in [3.63, 3.8) is 0 Å². The van der Waals surface area contributed by atoms with Crippen LogP contribution < -0.4 is 4.90 Å². The average Bonchev–Trinajstić information content (AvgIpc) is 3.45. The van der Waals surface area contributed by atoms with Gasteiger partial charge in [0.2, 0.25) is 15.9 Å². The fraction of sp³-hybridized carbons (Fsp3) is 0.400. The Balaban J connectivity index is 1.64. The van der Waals surface area contributed by atoms with Crippen molar-refractivity contribution in [2.24, 2.45) is 0 Å². The highest BCUT2D eigenvalue weighted by Gasteiger charge is 2.47. The van der Waals surface area contributed by atoms with E-state index in [0.29, 0.717) is 13.0 Å². The average molecular weight is 501 g/mol. The third kappa shape index (κ3) is 5.14. The summed E-state index contributed by atoms with van der Waals surface area (Å²) in [4.78, 5) is 39.3. The summed E-state index contributed by atoms with van der Waals surface area (Å²) >= 11 is 0. The number of sulfonamides is 1. The number of carbonyl (C=O) groups excluding carboxylic acids is 3. The first kappa shape index (κ1) is 25.0. The molecular formula is C25H28N2O7S. The SMILES string of the molecule is CCOC(=O)c1ccc(N2C(=O)CC(N(CC3CCCO3)S(=O)(=O)c3ccc(C)cc3)C2=O)cc1. The maximum absolute atomic E-state index is 13.6. The molecule has 2 aliphatic heterocycles. The van der Waals surface area contributed by atoms with E-state index >= 15 is 0 Å². The van der Waals surface area contributed by atoms with E-state index < -0.39 is 33.8 Å². The number of hydrogen-bond donors (Lipinski definition) is 0. The van der Waals surface area contributed by atoms with E-state index in [1.165, 1.54) is 36.4 Å². The molecule has 2 fully saturated rings. The smallest absolute Gasteiger partial charge is 0.338 e. The Bertz CT molecular complexity index is 1200. The molecule has 0 bridgehead atoms. The maximum Gasteiger partial charge on any atom is 0.338 e. The maximum atomic E-state index is 13.6. The minimum atomic E-state index is -4.08. The number of benzene rings is 2.